The van der Waals surface area contributed by atoms with Gasteiger partial charge in [-0.05, 0) is 15.9 Å². The minimum absolute atomic E-state index is 0.641. The van der Waals surface area contributed by atoms with Crippen molar-refractivity contribution < 1.29 is 5.11 Å². The van der Waals surface area contributed by atoms with E-state index in [1.54, 1.807) is 17.9 Å². The molecule has 1 rings (SSSR count). The fourth-order valence-corrected chi connectivity index (χ4v) is 1.19. The standard InChI is InChI=1S/C7H9BrN2O/c1-3-6(11)5-4-9-10(2)7(5)8/h3-4,6,11H,1H2,2H3. The number of aryl methyl sites for hydroxylation is 1. The quantitative estimate of drug-likeness (QED) is 0.760. The van der Waals surface area contributed by atoms with Crippen LogP contribution in [0.15, 0.2) is 23.5 Å². The van der Waals surface area contributed by atoms with E-state index < -0.39 is 6.10 Å². The Kier molecular flexibility index (Phi) is 2.46. The third-order valence-corrected chi connectivity index (χ3v) is 2.41. The van der Waals surface area contributed by atoms with Gasteiger partial charge in [-0.15, -0.1) is 6.58 Å². The smallest absolute Gasteiger partial charge is 0.109 e. The van der Waals surface area contributed by atoms with Gasteiger partial charge in [0.05, 0.1) is 6.20 Å². The van der Waals surface area contributed by atoms with Crippen molar-refractivity contribution in [3.05, 3.63) is 29.0 Å². The molecule has 0 aliphatic heterocycles. The Morgan fingerprint density at radius 3 is 2.91 bits per heavy atom. The maximum absolute atomic E-state index is 9.32. The summed E-state index contributed by atoms with van der Waals surface area (Å²) in [5, 5.41) is 13.3. The number of nitrogens with zero attached hydrogens (tertiary/aromatic N) is 2. The van der Waals surface area contributed by atoms with E-state index in [4.69, 9.17) is 0 Å². The second-order valence-corrected chi connectivity index (χ2v) is 2.95. The summed E-state index contributed by atoms with van der Waals surface area (Å²) in [5.74, 6) is 0. The first-order valence-corrected chi connectivity index (χ1v) is 3.94. The lowest BCUT2D eigenvalue weighted by molar-refractivity contribution is 0.228. The highest BCUT2D eigenvalue weighted by molar-refractivity contribution is 9.10. The van der Waals surface area contributed by atoms with E-state index in [-0.39, 0.29) is 0 Å². The van der Waals surface area contributed by atoms with Crippen molar-refractivity contribution in [1.29, 1.82) is 0 Å². The molecule has 1 aromatic heterocycles. The Bertz CT molecular complexity index is 269. The van der Waals surface area contributed by atoms with Crippen LogP contribution in [-0.4, -0.2) is 14.9 Å². The average molecular weight is 217 g/mol. The lowest BCUT2D eigenvalue weighted by atomic mass is 10.2. The first-order chi connectivity index (χ1) is 5.16. The first-order valence-electron chi connectivity index (χ1n) is 3.15. The zero-order valence-corrected chi connectivity index (χ0v) is 7.74. The predicted octanol–water partition coefficient (Wildman–Crippen LogP) is 1.40. The van der Waals surface area contributed by atoms with E-state index >= 15 is 0 Å². The maximum atomic E-state index is 9.32. The number of hydrogen-bond acceptors (Lipinski definition) is 2. The van der Waals surface area contributed by atoms with Crippen LogP contribution in [0.25, 0.3) is 0 Å². The molecule has 0 spiro atoms. The number of hydrogen-bond donors (Lipinski definition) is 1. The van der Waals surface area contributed by atoms with Crippen molar-refractivity contribution in [3.63, 3.8) is 0 Å². The first kappa shape index (κ1) is 8.49. The minimum atomic E-state index is -0.641. The molecule has 11 heavy (non-hydrogen) atoms. The lowest BCUT2D eigenvalue weighted by Gasteiger charge is -2.01. The molecule has 1 aromatic rings. The number of aliphatic hydroxyl groups is 1. The fraction of sp³-hybridized carbons (Fsp3) is 0.286. The highest BCUT2D eigenvalue weighted by atomic mass is 79.9. The Hall–Kier alpha value is -0.610. The SMILES string of the molecule is C=CC(O)c1cnn(C)c1Br. The van der Waals surface area contributed by atoms with Crippen LogP contribution in [0.2, 0.25) is 0 Å². The molecule has 60 valence electrons. The third-order valence-electron chi connectivity index (χ3n) is 1.43. The van der Waals surface area contributed by atoms with Crippen LogP contribution < -0.4 is 0 Å². The summed E-state index contributed by atoms with van der Waals surface area (Å²) in [6, 6.07) is 0. The summed E-state index contributed by atoms with van der Waals surface area (Å²) in [4.78, 5) is 0. The van der Waals surface area contributed by atoms with Gasteiger partial charge in [-0.3, -0.25) is 4.68 Å². The molecule has 0 saturated carbocycles. The van der Waals surface area contributed by atoms with Gasteiger partial charge in [0, 0.05) is 12.6 Å². The molecule has 0 saturated heterocycles. The largest absolute Gasteiger partial charge is 0.384 e. The second-order valence-electron chi connectivity index (χ2n) is 2.19. The normalized spacial score (nSPS) is 13.0. The van der Waals surface area contributed by atoms with E-state index in [9.17, 15) is 5.11 Å². The topological polar surface area (TPSA) is 38.1 Å². The number of aromatic nitrogens is 2. The van der Waals surface area contributed by atoms with Gasteiger partial charge in [-0.25, -0.2) is 0 Å². The van der Waals surface area contributed by atoms with Crippen LogP contribution >= 0.6 is 15.9 Å². The Labute approximate surface area is 73.5 Å². The monoisotopic (exact) mass is 216 g/mol. The zero-order chi connectivity index (χ0) is 8.43. The molecule has 0 aromatic carbocycles. The molecular weight excluding hydrogens is 208 g/mol. The van der Waals surface area contributed by atoms with Crippen LogP contribution in [0.3, 0.4) is 0 Å². The van der Waals surface area contributed by atoms with Gasteiger partial charge in [-0.1, -0.05) is 6.08 Å². The molecule has 0 radical (unpaired) electrons. The van der Waals surface area contributed by atoms with E-state index in [2.05, 4.69) is 27.6 Å². The Morgan fingerprint density at radius 1 is 1.91 bits per heavy atom. The lowest BCUT2D eigenvalue weighted by Crippen LogP contribution is -1.93. The van der Waals surface area contributed by atoms with Crippen LogP contribution in [0.5, 0.6) is 0 Å². The summed E-state index contributed by atoms with van der Waals surface area (Å²) in [7, 11) is 1.80. The summed E-state index contributed by atoms with van der Waals surface area (Å²) in [5.41, 5.74) is 0.738. The number of aliphatic hydroxyl groups excluding tert-OH is 1. The molecule has 0 fully saturated rings. The second kappa shape index (κ2) is 3.19. The van der Waals surface area contributed by atoms with Crippen molar-refractivity contribution in [2.45, 2.75) is 6.10 Å². The number of rotatable bonds is 2. The van der Waals surface area contributed by atoms with Crippen molar-refractivity contribution in [2.75, 3.05) is 0 Å². The molecule has 0 aliphatic rings. The van der Waals surface area contributed by atoms with Crippen molar-refractivity contribution >= 4 is 15.9 Å². The van der Waals surface area contributed by atoms with Gasteiger partial charge >= 0.3 is 0 Å². The molecule has 1 unspecified atom stereocenters. The van der Waals surface area contributed by atoms with E-state index in [1.807, 2.05) is 0 Å². The van der Waals surface area contributed by atoms with Gasteiger partial charge in [0.25, 0.3) is 0 Å². The summed E-state index contributed by atoms with van der Waals surface area (Å²) >= 11 is 3.28. The molecule has 1 N–H and O–H groups in total. The van der Waals surface area contributed by atoms with Crippen molar-refractivity contribution in [1.82, 2.24) is 9.78 Å². The van der Waals surface area contributed by atoms with Gasteiger partial charge in [0.15, 0.2) is 0 Å². The van der Waals surface area contributed by atoms with Gasteiger partial charge in [0.1, 0.15) is 10.7 Å². The highest BCUT2D eigenvalue weighted by Crippen LogP contribution is 2.22. The molecule has 0 amide bonds. The molecule has 1 atom stereocenters. The molecule has 0 bridgehead atoms. The molecule has 0 aliphatic carbocycles. The van der Waals surface area contributed by atoms with Crippen LogP contribution in [-0.2, 0) is 7.05 Å². The van der Waals surface area contributed by atoms with Gasteiger partial charge < -0.3 is 5.11 Å². The number of halogens is 1. The zero-order valence-electron chi connectivity index (χ0n) is 6.16. The van der Waals surface area contributed by atoms with Crippen LogP contribution in [0, 0.1) is 0 Å². The van der Waals surface area contributed by atoms with E-state index in [0.29, 0.717) is 0 Å². The summed E-state index contributed by atoms with van der Waals surface area (Å²) in [6.07, 6.45) is 2.43. The molecule has 4 heteroatoms. The Morgan fingerprint density at radius 2 is 2.55 bits per heavy atom. The summed E-state index contributed by atoms with van der Waals surface area (Å²) in [6.45, 7) is 3.48. The van der Waals surface area contributed by atoms with E-state index in [1.165, 1.54) is 6.08 Å². The maximum Gasteiger partial charge on any atom is 0.109 e. The average Bonchev–Trinajstić information content (AvgIpc) is 2.32. The van der Waals surface area contributed by atoms with Crippen LogP contribution in [0.1, 0.15) is 11.7 Å². The minimum Gasteiger partial charge on any atom is -0.384 e. The van der Waals surface area contributed by atoms with Gasteiger partial charge in [0.2, 0.25) is 0 Å². The molecule has 1 heterocycles. The predicted molar refractivity (Wildman–Crippen MR) is 46.1 cm³/mol. The highest BCUT2D eigenvalue weighted by Gasteiger charge is 2.10. The van der Waals surface area contributed by atoms with Crippen molar-refractivity contribution in [2.24, 2.45) is 7.05 Å². The van der Waals surface area contributed by atoms with E-state index in [0.717, 1.165) is 10.2 Å². The molecular formula is C7H9BrN2O. The van der Waals surface area contributed by atoms with Gasteiger partial charge in [-0.2, -0.15) is 5.10 Å². The third kappa shape index (κ3) is 1.52. The summed E-state index contributed by atoms with van der Waals surface area (Å²) < 4.78 is 2.42. The molecule has 3 nitrogen and oxygen atoms in total. The van der Waals surface area contributed by atoms with Crippen LogP contribution in [0.4, 0.5) is 0 Å². The van der Waals surface area contributed by atoms with Crippen molar-refractivity contribution in [3.8, 4) is 0 Å². The fourth-order valence-electron chi connectivity index (χ4n) is 0.765. The Balaban J connectivity index is 3.03.